The summed E-state index contributed by atoms with van der Waals surface area (Å²) in [6.45, 7) is 1.86. The summed E-state index contributed by atoms with van der Waals surface area (Å²) >= 11 is 5.83. The molecule has 10 heteroatoms. The first-order valence-electron chi connectivity index (χ1n) is 9.45. The number of benzene rings is 2. The van der Waals surface area contributed by atoms with Crippen molar-refractivity contribution in [3.05, 3.63) is 94.4 Å². The van der Waals surface area contributed by atoms with Gasteiger partial charge in [-0.1, -0.05) is 16.8 Å². The lowest BCUT2D eigenvalue weighted by molar-refractivity contribution is 0.0945. The van der Waals surface area contributed by atoms with Crippen molar-refractivity contribution in [1.29, 1.82) is 0 Å². The van der Waals surface area contributed by atoms with E-state index in [-0.39, 0.29) is 23.1 Å². The van der Waals surface area contributed by atoms with E-state index in [0.717, 1.165) is 5.56 Å². The minimum absolute atomic E-state index is 0.0558. The Bertz CT molecular complexity index is 1280. The van der Waals surface area contributed by atoms with E-state index in [0.29, 0.717) is 23.0 Å². The summed E-state index contributed by atoms with van der Waals surface area (Å²) in [5.41, 5.74) is 1.82. The molecule has 0 aliphatic heterocycles. The first-order chi connectivity index (χ1) is 15.4. The SMILES string of the molecule is Cc1c(C(=O)NCc2ccnc(Oc3ccc(F)cc3)c2)nnn1-c1ccc(F)c(Cl)c1. The predicted octanol–water partition coefficient (Wildman–Crippen LogP) is 4.62. The van der Waals surface area contributed by atoms with E-state index in [1.54, 1.807) is 25.3 Å². The highest BCUT2D eigenvalue weighted by molar-refractivity contribution is 6.30. The zero-order valence-corrected chi connectivity index (χ0v) is 17.5. The molecule has 2 heterocycles. The van der Waals surface area contributed by atoms with Gasteiger partial charge >= 0.3 is 0 Å². The standard InChI is InChI=1S/C22H16ClF2N5O2/c1-13-21(28-29-30(13)16-4-7-19(25)18(23)11-16)22(31)27-12-14-8-9-26-20(10-14)32-17-5-2-15(24)3-6-17/h2-11H,12H2,1H3,(H,27,31). The molecule has 0 bridgehead atoms. The van der Waals surface area contributed by atoms with Crippen molar-refractivity contribution in [3.63, 3.8) is 0 Å². The third kappa shape index (κ3) is 4.73. The van der Waals surface area contributed by atoms with Crippen LogP contribution in [-0.2, 0) is 6.54 Å². The second-order valence-electron chi connectivity index (χ2n) is 6.77. The number of nitrogens with one attached hydrogen (secondary N) is 1. The van der Waals surface area contributed by atoms with Crippen LogP contribution in [0.2, 0.25) is 5.02 Å². The van der Waals surface area contributed by atoms with Crippen molar-refractivity contribution in [2.24, 2.45) is 0 Å². The lowest BCUT2D eigenvalue weighted by Crippen LogP contribution is -2.24. The fraction of sp³-hybridized carbons (Fsp3) is 0.0909. The monoisotopic (exact) mass is 455 g/mol. The fourth-order valence-corrected chi connectivity index (χ4v) is 3.08. The largest absolute Gasteiger partial charge is 0.439 e. The van der Waals surface area contributed by atoms with Gasteiger partial charge in [-0.2, -0.15) is 0 Å². The summed E-state index contributed by atoms with van der Waals surface area (Å²) in [7, 11) is 0. The maximum Gasteiger partial charge on any atom is 0.274 e. The third-order valence-corrected chi connectivity index (χ3v) is 4.84. The number of hydrogen-bond donors (Lipinski definition) is 1. The van der Waals surface area contributed by atoms with Crippen molar-refractivity contribution >= 4 is 17.5 Å². The first-order valence-corrected chi connectivity index (χ1v) is 9.83. The summed E-state index contributed by atoms with van der Waals surface area (Å²) in [6.07, 6.45) is 1.54. The van der Waals surface area contributed by atoms with Gasteiger partial charge in [0.05, 0.1) is 16.4 Å². The number of halogens is 3. The fourth-order valence-electron chi connectivity index (χ4n) is 2.91. The van der Waals surface area contributed by atoms with Crippen LogP contribution in [0.25, 0.3) is 5.69 Å². The van der Waals surface area contributed by atoms with Crippen molar-refractivity contribution in [2.75, 3.05) is 0 Å². The van der Waals surface area contributed by atoms with Gasteiger partial charge in [-0.15, -0.1) is 5.10 Å². The summed E-state index contributed by atoms with van der Waals surface area (Å²) in [6, 6.07) is 13.1. The molecule has 7 nitrogen and oxygen atoms in total. The maximum atomic E-state index is 13.4. The number of rotatable bonds is 6. The zero-order valence-electron chi connectivity index (χ0n) is 16.7. The second-order valence-corrected chi connectivity index (χ2v) is 7.18. The van der Waals surface area contributed by atoms with E-state index in [1.165, 1.54) is 47.1 Å². The molecule has 1 amide bonds. The van der Waals surface area contributed by atoms with Crippen LogP contribution in [0.4, 0.5) is 8.78 Å². The molecule has 2 aromatic heterocycles. The minimum Gasteiger partial charge on any atom is -0.439 e. The number of aromatic nitrogens is 4. The summed E-state index contributed by atoms with van der Waals surface area (Å²) in [5, 5.41) is 10.6. The smallest absolute Gasteiger partial charge is 0.274 e. The van der Waals surface area contributed by atoms with E-state index in [4.69, 9.17) is 16.3 Å². The van der Waals surface area contributed by atoms with Gasteiger partial charge in [0, 0.05) is 18.8 Å². The Labute approximate surface area is 186 Å². The van der Waals surface area contributed by atoms with Gasteiger partial charge in [0.25, 0.3) is 5.91 Å². The number of nitrogens with zero attached hydrogens (tertiary/aromatic N) is 4. The van der Waals surface area contributed by atoms with E-state index in [9.17, 15) is 13.6 Å². The van der Waals surface area contributed by atoms with Crippen LogP contribution in [0.5, 0.6) is 11.6 Å². The van der Waals surface area contributed by atoms with Crippen LogP contribution in [0, 0.1) is 18.6 Å². The topological polar surface area (TPSA) is 81.9 Å². The summed E-state index contributed by atoms with van der Waals surface area (Å²) < 4.78 is 33.4. The Morgan fingerprint density at radius 1 is 1.12 bits per heavy atom. The third-order valence-electron chi connectivity index (χ3n) is 4.55. The molecule has 1 N–H and O–H groups in total. The van der Waals surface area contributed by atoms with Gasteiger partial charge in [-0.3, -0.25) is 4.79 Å². The van der Waals surface area contributed by atoms with Gasteiger partial charge in [0.1, 0.15) is 17.4 Å². The average molecular weight is 456 g/mol. The highest BCUT2D eigenvalue weighted by atomic mass is 35.5. The van der Waals surface area contributed by atoms with Crippen LogP contribution in [0.3, 0.4) is 0 Å². The molecule has 162 valence electrons. The predicted molar refractivity (Wildman–Crippen MR) is 113 cm³/mol. The molecule has 0 saturated heterocycles. The van der Waals surface area contributed by atoms with Crippen molar-refractivity contribution in [1.82, 2.24) is 25.3 Å². The normalized spacial score (nSPS) is 10.8. The van der Waals surface area contributed by atoms with Gasteiger partial charge < -0.3 is 10.1 Å². The Morgan fingerprint density at radius 2 is 1.91 bits per heavy atom. The molecular formula is C22H16ClF2N5O2. The molecule has 0 radical (unpaired) electrons. The van der Waals surface area contributed by atoms with E-state index < -0.39 is 11.7 Å². The van der Waals surface area contributed by atoms with Gasteiger partial charge in [-0.25, -0.2) is 18.4 Å². The Morgan fingerprint density at radius 3 is 2.66 bits per heavy atom. The number of carbonyl (C=O) groups is 1. The highest BCUT2D eigenvalue weighted by Crippen LogP contribution is 2.21. The molecule has 0 saturated carbocycles. The number of carbonyl (C=O) groups excluding carboxylic acids is 1. The lowest BCUT2D eigenvalue weighted by atomic mass is 10.2. The van der Waals surface area contributed by atoms with Crippen LogP contribution in [0.1, 0.15) is 21.7 Å². The molecule has 4 aromatic rings. The first kappa shape index (κ1) is 21.4. The van der Waals surface area contributed by atoms with Crippen molar-refractivity contribution in [2.45, 2.75) is 13.5 Å². The molecule has 0 fully saturated rings. The molecule has 32 heavy (non-hydrogen) atoms. The quantitative estimate of drug-likeness (QED) is 0.458. The molecule has 4 rings (SSSR count). The van der Waals surface area contributed by atoms with Crippen LogP contribution >= 0.6 is 11.6 Å². The van der Waals surface area contributed by atoms with Crippen molar-refractivity contribution in [3.8, 4) is 17.3 Å². The lowest BCUT2D eigenvalue weighted by Gasteiger charge is -2.08. The zero-order chi connectivity index (χ0) is 22.7. The van der Waals surface area contributed by atoms with Gasteiger partial charge in [-0.05, 0) is 61.0 Å². The minimum atomic E-state index is -0.550. The number of hydrogen-bond acceptors (Lipinski definition) is 5. The van der Waals surface area contributed by atoms with Gasteiger partial charge in [0.15, 0.2) is 5.69 Å². The van der Waals surface area contributed by atoms with Crippen LogP contribution < -0.4 is 10.1 Å². The average Bonchev–Trinajstić information content (AvgIpc) is 3.17. The Hall–Kier alpha value is -3.85. The number of ether oxygens (including phenoxy) is 1. The van der Waals surface area contributed by atoms with Crippen molar-refractivity contribution < 1.29 is 18.3 Å². The molecule has 0 atom stereocenters. The maximum absolute atomic E-state index is 13.4. The van der Waals surface area contributed by atoms with E-state index in [1.807, 2.05) is 0 Å². The molecule has 0 unspecified atom stereocenters. The molecule has 0 spiro atoms. The molecule has 0 aliphatic rings. The second kappa shape index (κ2) is 9.11. The summed E-state index contributed by atoms with van der Waals surface area (Å²) in [5.74, 6) is -0.602. The Kier molecular flexibility index (Phi) is 6.09. The number of pyridine rings is 1. The molecule has 0 aliphatic carbocycles. The number of amides is 1. The van der Waals surface area contributed by atoms with Crippen LogP contribution in [0.15, 0.2) is 60.8 Å². The molecular weight excluding hydrogens is 440 g/mol. The van der Waals surface area contributed by atoms with E-state index in [2.05, 4.69) is 20.6 Å². The highest BCUT2D eigenvalue weighted by Gasteiger charge is 2.18. The van der Waals surface area contributed by atoms with E-state index >= 15 is 0 Å². The molecule has 2 aromatic carbocycles. The van der Waals surface area contributed by atoms with Gasteiger partial charge in [0.2, 0.25) is 5.88 Å². The Balaban J connectivity index is 1.43. The van der Waals surface area contributed by atoms with Crippen LogP contribution in [-0.4, -0.2) is 25.9 Å². The summed E-state index contributed by atoms with van der Waals surface area (Å²) in [4.78, 5) is 16.7.